The molecule has 0 aliphatic carbocycles. The van der Waals surface area contributed by atoms with Gasteiger partial charge in [-0.2, -0.15) is 10.2 Å². The number of hydrogen-bond donors (Lipinski definition) is 2. The summed E-state index contributed by atoms with van der Waals surface area (Å²) in [5.74, 6) is -0.0637. The third-order valence-corrected chi connectivity index (χ3v) is 4.49. The number of nitrogens with one attached hydrogen (secondary N) is 2. The van der Waals surface area contributed by atoms with E-state index in [0.29, 0.717) is 11.4 Å². The average Bonchev–Trinajstić information content (AvgIpc) is 3.07. The Kier molecular flexibility index (Phi) is 3.06. The van der Waals surface area contributed by atoms with Crippen LogP contribution in [-0.4, -0.2) is 25.9 Å². The van der Waals surface area contributed by atoms with Crippen LogP contribution < -0.4 is 5.32 Å². The van der Waals surface area contributed by atoms with Crippen molar-refractivity contribution in [3.05, 3.63) is 34.1 Å². The van der Waals surface area contributed by atoms with Gasteiger partial charge in [0.05, 0.1) is 16.8 Å². The van der Waals surface area contributed by atoms with E-state index in [9.17, 15) is 4.79 Å². The minimum absolute atomic E-state index is 0.0637. The number of rotatable bonds is 3. The van der Waals surface area contributed by atoms with Crippen molar-refractivity contribution in [1.29, 1.82) is 0 Å². The van der Waals surface area contributed by atoms with Gasteiger partial charge >= 0.3 is 0 Å². The van der Waals surface area contributed by atoms with Crippen LogP contribution in [0.5, 0.6) is 0 Å². The van der Waals surface area contributed by atoms with Crippen LogP contribution in [0.25, 0.3) is 10.2 Å². The highest BCUT2D eigenvalue weighted by Crippen LogP contribution is 2.27. The lowest BCUT2D eigenvalue weighted by molar-refractivity contribution is 0.0955. The Morgan fingerprint density at radius 3 is 2.95 bits per heavy atom. The molecule has 7 heteroatoms. The lowest BCUT2D eigenvalue weighted by Gasteiger charge is -2.02. The molecule has 0 saturated carbocycles. The van der Waals surface area contributed by atoms with E-state index in [2.05, 4.69) is 20.6 Å². The number of nitrogens with zero attached hydrogens (tertiary/aromatic N) is 3. The van der Waals surface area contributed by atoms with E-state index in [-0.39, 0.29) is 5.91 Å². The lowest BCUT2D eigenvalue weighted by atomic mass is 10.2. The first-order valence-corrected chi connectivity index (χ1v) is 7.08. The molecule has 0 unspecified atom stereocenters. The molecular formula is C13H15N5OS. The van der Waals surface area contributed by atoms with Gasteiger partial charge in [0, 0.05) is 30.2 Å². The molecule has 104 valence electrons. The molecule has 0 saturated heterocycles. The van der Waals surface area contributed by atoms with Gasteiger partial charge in [-0.05, 0) is 19.9 Å². The maximum Gasteiger partial charge on any atom is 0.261 e. The Labute approximate surface area is 119 Å². The first-order valence-electron chi connectivity index (χ1n) is 6.26. The van der Waals surface area contributed by atoms with Crippen molar-refractivity contribution in [2.75, 3.05) is 0 Å². The van der Waals surface area contributed by atoms with Crippen LogP contribution in [0.15, 0.2) is 12.3 Å². The lowest BCUT2D eigenvalue weighted by Crippen LogP contribution is -2.21. The van der Waals surface area contributed by atoms with Gasteiger partial charge in [-0.1, -0.05) is 0 Å². The minimum Gasteiger partial charge on any atom is -0.347 e. The van der Waals surface area contributed by atoms with Crippen LogP contribution in [0.2, 0.25) is 0 Å². The average molecular weight is 289 g/mol. The van der Waals surface area contributed by atoms with Crippen LogP contribution in [0, 0.1) is 13.8 Å². The quantitative estimate of drug-likeness (QED) is 0.773. The fourth-order valence-corrected chi connectivity index (χ4v) is 3.17. The van der Waals surface area contributed by atoms with Gasteiger partial charge in [-0.25, -0.2) is 0 Å². The molecule has 2 N–H and O–H groups in total. The van der Waals surface area contributed by atoms with Crippen molar-refractivity contribution in [1.82, 2.24) is 25.3 Å². The Hall–Kier alpha value is -2.15. The Balaban J connectivity index is 1.79. The molecule has 0 atom stereocenters. The largest absolute Gasteiger partial charge is 0.347 e. The summed E-state index contributed by atoms with van der Waals surface area (Å²) in [6, 6.07) is 1.90. The molecule has 0 radical (unpaired) electrons. The standard InChI is InChI=1S/C13H15N5OS/c1-7-9(6-15-16-7)5-14-12(19)11-4-10-8(2)17-18(3)13(10)20-11/h4,6H,5H2,1-3H3,(H,14,19)(H,15,16). The summed E-state index contributed by atoms with van der Waals surface area (Å²) >= 11 is 1.46. The molecule has 3 rings (SSSR count). The Bertz CT molecular complexity index is 747. The second kappa shape index (κ2) is 4.75. The molecule has 3 aromatic rings. The van der Waals surface area contributed by atoms with Gasteiger partial charge in [-0.15, -0.1) is 11.3 Å². The van der Waals surface area contributed by atoms with E-state index in [1.807, 2.05) is 31.6 Å². The highest BCUT2D eigenvalue weighted by Gasteiger charge is 2.15. The highest BCUT2D eigenvalue weighted by molar-refractivity contribution is 7.20. The van der Waals surface area contributed by atoms with Crippen molar-refractivity contribution in [3.8, 4) is 0 Å². The van der Waals surface area contributed by atoms with Crippen molar-refractivity contribution in [2.45, 2.75) is 20.4 Å². The number of H-pyrrole nitrogens is 1. The van der Waals surface area contributed by atoms with Gasteiger partial charge in [-0.3, -0.25) is 14.6 Å². The molecule has 0 fully saturated rings. The Morgan fingerprint density at radius 1 is 1.50 bits per heavy atom. The topological polar surface area (TPSA) is 75.6 Å². The third kappa shape index (κ3) is 2.09. The predicted octanol–water partition coefficient (Wildman–Crippen LogP) is 1.90. The summed E-state index contributed by atoms with van der Waals surface area (Å²) in [6.07, 6.45) is 1.73. The zero-order chi connectivity index (χ0) is 14.3. The molecule has 0 aromatic carbocycles. The van der Waals surface area contributed by atoms with Gasteiger partial charge in [0.15, 0.2) is 0 Å². The molecule has 0 aliphatic rings. The SMILES string of the molecule is Cc1[nH]ncc1CNC(=O)c1cc2c(C)nn(C)c2s1. The zero-order valence-corrected chi connectivity index (χ0v) is 12.3. The van der Waals surface area contributed by atoms with E-state index in [4.69, 9.17) is 0 Å². The molecule has 0 bridgehead atoms. The van der Waals surface area contributed by atoms with E-state index < -0.39 is 0 Å². The van der Waals surface area contributed by atoms with E-state index in [0.717, 1.165) is 27.2 Å². The highest BCUT2D eigenvalue weighted by atomic mass is 32.1. The molecule has 6 nitrogen and oxygen atoms in total. The molecular weight excluding hydrogens is 274 g/mol. The molecule has 1 amide bonds. The van der Waals surface area contributed by atoms with Crippen molar-refractivity contribution in [2.24, 2.45) is 7.05 Å². The monoisotopic (exact) mass is 289 g/mol. The number of carbonyl (C=O) groups is 1. The molecule has 3 heterocycles. The van der Waals surface area contributed by atoms with Crippen LogP contribution in [0.4, 0.5) is 0 Å². The second-order valence-corrected chi connectivity index (χ2v) is 5.77. The molecule has 20 heavy (non-hydrogen) atoms. The maximum atomic E-state index is 12.2. The zero-order valence-electron chi connectivity index (χ0n) is 11.5. The third-order valence-electron chi connectivity index (χ3n) is 3.29. The fraction of sp³-hybridized carbons (Fsp3) is 0.308. The van der Waals surface area contributed by atoms with Gasteiger partial charge in [0.2, 0.25) is 0 Å². The summed E-state index contributed by atoms with van der Waals surface area (Å²) in [6.45, 7) is 4.36. The summed E-state index contributed by atoms with van der Waals surface area (Å²) in [7, 11) is 1.89. The molecule has 0 aliphatic heterocycles. The second-order valence-electron chi connectivity index (χ2n) is 4.74. The summed E-state index contributed by atoms with van der Waals surface area (Å²) < 4.78 is 1.81. The van der Waals surface area contributed by atoms with E-state index >= 15 is 0 Å². The number of aromatic nitrogens is 4. The summed E-state index contributed by atoms with van der Waals surface area (Å²) in [5.41, 5.74) is 2.92. The number of hydrogen-bond acceptors (Lipinski definition) is 4. The van der Waals surface area contributed by atoms with Crippen molar-refractivity contribution < 1.29 is 4.79 Å². The maximum absolute atomic E-state index is 12.2. The fourth-order valence-electron chi connectivity index (χ4n) is 2.13. The number of aryl methyl sites for hydroxylation is 3. The van der Waals surface area contributed by atoms with E-state index in [1.54, 1.807) is 6.20 Å². The van der Waals surface area contributed by atoms with Crippen LogP contribution in [-0.2, 0) is 13.6 Å². The van der Waals surface area contributed by atoms with Crippen LogP contribution in [0.3, 0.4) is 0 Å². The first kappa shape index (κ1) is 12.9. The first-order chi connectivity index (χ1) is 9.56. The molecule has 3 aromatic heterocycles. The smallest absolute Gasteiger partial charge is 0.261 e. The van der Waals surface area contributed by atoms with Gasteiger partial charge < -0.3 is 5.32 Å². The predicted molar refractivity (Wildman–Crippen MR) is 77.8 cm³/mol. The summed E-state index contributed by atoms with van der Waals surface area (Å²) in [5, 5.41) is 15.1. The molecule has 0 spiro atoms. The number of aromatic amines is 1. The van der Waals surface area contributed by atoms with Gasteiger partial charge in [0.25, 0.3) is 5.91 Å². The van der Waals surface area contributed by atoms with Crippen LogP contribution >= 0.6 is 11.3 Å². The number of carbonyl (C=O) groups excluding carboxylic acids is 1. The van der Waals surface area contributed by atoms with Crippen molar-refractivity contribution >= 4 is 27.5 Å². The normalized spacial score (nSPS) is 11.2. The van der Waals surface area contributed by atoms with Crippen LogP contribution in [0.1, 0.15) is 26.6 Å². The number of amides is 1. The number of fused-ring (bicyclic) bond motifs is 1. The van der Waals surface area contributed by atoms with Gasteiger partial charge in [0.1, 0.15) is 4.83 Å². The van der Waals surface area contributed by atoms with E-state index in [1.165, 1.54) is 11.3 Å². The minimum atomic E-state index is -0.0637. The Morgan fingerprint density at radius 2 is 2.30 bits per heavy atom. The summed E-state index contributed by atoms with van der Waals surface area (Å²) in [4.78, 5) is 13.9. The van der Waals surface area contributed by atoms with Crippen molar-refractivity contribution in [3.63, 3.8) is 0 Å². The number of thiophene rings is 1.